The van der Waals surface area contributed by atoms with Gasteiger partial charge in [0.1, 0.15) is 17.5 Å². The van der Waals surface area contributed by atoms with Crippen molar-refractivity contribution >= 4 is 45.5 Å². The summed E-state index contributed by atoms with van der Waals surface area (Å²) in [6.45, 7) is 11.2. The predicted molar refractivity (Wildman–Crippen MR) is 135 cm³/mol. The minimum Gasteiger partial charge on any atom is -0.354 e. The predicted octanol–water partition coefficient (Wildman–Crippen LogP) is 4.90. The van der Waals surface area contributed by atoms with Gasteiger partial charge in [0.25, 0.3) is 0 Å². The number of thiazole rings is 1. The van der Waals surface area contributed by atoms with Gasteiger partial charge in [-0.25, -0.2) is 15.0 Å². The Morgan fingerprint density at radius 1 is 1.18 bits per heavy atom. The summed E-state index contributed by atoms with van der Waals surface area (Å²) in [5, 5.41) is 4.50. The van der Waals surface area contributed by atoms with Gasteiger partial charge in [0, 0.05) is 43.7 Å². The lowest BCUT2D eigenvalue weighted by atomic mass is 10.0. The number of nitrogens with one attached hydrogen (secondary N) is 1. The maximum absolute atomic E-state index is 12.8. The van der Waals surface area contributed by atoms with Crippen LogP contribution in [0.15, 0.2) is 30.5 Å². The van der Waals surface area contributed by atoms with E-state index in [0.29, 0.717) is 26.7 Å². The number of hydrogen-bond donors (Lipinski definition) is 1. The number of nitrogens with zero attached hydrogens (tertiary/aromatic N) is 5. The Morgan fingerprint density at radius 3 is 2.70 bits per heavy atom. The molecular formula is C24H29ClN6OS. The summed E-state index contributed by atoms with van der Waals surface area (Å²) in [6.07, 6.45) is 3.05. The van der Waals surface area contributed by atoms with Gasteiger partial charge in [-0.2, -0.15) is 0 Å². The number of aromatic nitrogens is 3. The standard InChI is InChI=1S/C24H29ClN6OS/c1-4-8-30-9-11-31(12-10-30)23-14-22(27-17(3)28-23)29-24-26-15-21(33-24)20(32)13-18-16(2)6-5-7-19(18)25/h5-7,14-15H,4,8-13H2,1-3H3,(H,26,27,28,29). The molecule has 9 heteroatoms. The van der Waals surface area contributed by atoms with Crippen molar-refractivity contribution in [1.29, 1.82) is 0 Å². The molecule has 2 aromatic heterocycles. The topological polar surface area (TPSA) is 74.2 Å². The van der Waals surface area contributed by atoms with Crippen molar-refractivity contribution in [2.45, 2.75) is 33.6 Å². The number of aryl methyl sites for hydroxylation is 2. The second-order valence-electron chi connectivity index (χ2n) is 8.28. The number of anilines is 3. The zero-order valence-corrected chi connectivity index (χ0v) is 20.8. The van der Waals surface area contributed by atoms with Crippen molar-refractivity contribution in [3.63, 3.8) is 0 Å². The van der Waals surface area contributed by atoms with Crippen molar-refractivity contribution in [2.24, 2.45) is 0 Å². The molecule has 1 aromatic carbocycles. The summed E-state index contributed by atoms with van der Waals surface area (Å²) in [7, 11) is 0. The summed E-state index contributed by atoms with van der Waals surface area (Å²) in [5.41, 5.74) is 1.88. The van der Waals surface area contributed by atoms with Crippen LogP contribution in [0.3, 0.4) is 0 Å². The average Bonchev–Trinajstić information content (AvgIpc) is 3.25. The van der Waals surface area contributed by atoms with Crippen LogP contribution in [0, 0.1) is 13.8 Å². The highest BCUT2D eigenvalue weighted by atomic mass is 35.5. The molecule has 1 N–H and O–H groups in total. The molecule has 33 heavy (non-hydrogen) atoms. The van der Waals surface area contributed by atoms with Crippen LogP contribution in [0.5, 0.6) is 0 Å². The number of rotatable bonds is 8. The summed E-state index contributed by atoms with van der Waals surface area (Å²) in [4.78, 5) is 31.8. The van der Waals surface area contributed by atoms with Crippen molar-refractivity contribution in [3.8, 4) is 0 Å². The number of benzene rings is 1. The van der Waals surface area contributed by atoms with E-state index in [1.54, 1.807) is 6.20 Å². The molecule has 7 nitrogen and oxygen atoms in total. The van der Waals surface area contributed by atoms with Gasteiger partial charge in [0.2, 0.25) is 0 Å². The third-order valence-electron chi connectivity index (χ3n) is 5.77. The lowest BCUT2D eigenvalue weighted by molar-refractivity contribution is 0.0996. The number of carbonyl (C=O) groups is 1. The largest absolute Gasteiger partial charge is 0.354 e. The number of carbonyl (C=O) groups excluding carboxylic acids is 1. The zero-order chi connectivity index (χ0) is 23.4. The number of ketones is 1. The summed E-state index contributed by atoms with van der Waals surface area (Å²) in [6, 6.07) is 7.63. The van der Waals surface area contributed by atoms with Crippen LogP contribution in [0.25, 0.3) is 0 Å². The van der Waals surface area contributed by atoms with Crippen LogP contribution in [-0.4, -0.2) is 58.4 Å². The van der Waals surface area contributed by atoms with Crippen molar-refractivity contribution in [2.75, 3.05) is 42.9 Å². The van der Waals surface area contributed by atoms with Crippen LogP contribution >= 0.6 is 22.9 Å². The fraction of sp³-hybridized carbons (Fsp3) is 0.417. The molecule has 0 aliphatic carbocycles. The number of piperazine rings is 1. The molecule has 0 spiro atoms. The maximum Gasteiger partial charge on any atom is 0.188 e. The first-order chi connectivity index (χ1) is 15.9. The van der Waals surface area contributed by atoms with E-state index in [0.717, 1.165) is 49.7 Å². The second kappa shape index (κ2) is 10.6. The van der Waals surface area contributed by atoms with Crippen LogP contribution < -0.4 is 10.2 Å². The number of halogens is 1. The Bertz CT molecular complexity index is 1110. The highest BCUT2D eigenvalue weighted by Gasteiger charge is 2.19. The highest BCUT2D eigenvalue weighted by Crippen LogP contribution is 2.27. The molecule has 0 radical (unpaired) electrons. The summed E-state index contributed by atoms with van der Waals surface area (Å²) >= 11 is 7.62. The summed E-state index contributed by atoms with van der Waals surface area (Å²) < 4.78 is 0. The third-order valence-corrected chi connectivity index (χ3v) is 7.07. The molecular weight excluding hydrogens is 456 g/mol. The van der Waals surface area contributed by atoms with E-state index >= 15 is 0 Å². The van der Waals surface area contributed by atoms with E-state index in [9.17, 15) is 4.79 Å². The van der Waals surface area contributed by atoms with E-state index in [1.807, 2.05) is 38.1 Å². The fourth-order valence-electron chi connectivity index (χ4n) is 4.00. The molecule has 0 amide bonds. The second-order valence-corrected chi connectivity index (χ2v) is 9.72. The smallest absolute Gasteiger partial charge is 0.188 e. The highest BCUT2D eigenvalue weighted by molar-refractivity contribution is 7.17. The molecule has 3 heterocycles. The lowest BCUT2D eigenvalue weighted by Crippen LogP contribution is -2.46. The lowest BCUT2D eigenvalue weighted by Gasteiger charge is -2.35. The van der Waals surface area contributed by atoms with Crippen molar-refractivity contribution < 1.29 is 4.79 Å². The van der Waals surface area contributed by atoms with E-state index in [4.69, 9.17) is 11.6 Å². The molecule has 0 atom stereocenters. The van der Waals surface area contributed by atoms with Gasteiger partial charge in [-0.3, -0.25) is 9.69 Å². The molecule has 0 unspecified atom stereocenters. The van der Waals surface area contributed by atoms with Crippen molar-refractivity contribution in [3.05, 3.63) is 57.3 Å². The van der Waals surface area contributed by atoms with Crippen LogP contribution in [-0.2, 0) is 6.42 Å². The molecule has 1 aliphatic rings. The number of hydrogen-bond acceptors (Lipinski definition) is 8. The molecule has 174 valence electrons. The molecule has 0 saturated carbocycles. The van der Waals surface area contributed by atoms with Crippen molar-refractivity contribution in [1.82, 2.24) is 19.9 Å². The minimum absolute atomic E-state index is 0.00116. The Morgan fingerprint density at radius 2 is 1.97 bits per heavy atom. The fourth-order valence-corrected chi connectivity index (χ4v) is 5.05. The zero-order valence-electron chi connectivity index (χ0n) is 19.3. The molecule has 1 aliphatic heterocycles. The van der Waals surface area contributed by atoms with E-state index in [2.05, 4.69) is 37.0 Å². The SMILES string of the molecule is CCCN1CCN(c2cc(Nc3ncc(C(=O)Cc4c(C)cccc4Cl)s3)nc(C)n2)CC1. The molecule has 1 fully saturated rings. The normalized spacial score (nSPS) is 14.5. The van der Waals surface area contributed by atoms with Gasteiger partial charge in [-0.1, -0.05) is 42.0 Å². The van der Waals surface area contributed by atoms with Crippen LogP contribution in [0.1, 0.15) is 40.0 Å². The van der Waals surface area contributed by atoms with Crippen LogP contribution in [0.2, 0.25) is 5.02 Å². The first-order valence-corrected chi connectivity index (χ1v) is 12.5. The van der Waals surface area contributed by atoms with Gasteiger partial charge >= 0.3 is 0 Å². The maximum atomic E-state index is 12.8. The van der Waals surface area contributed by atoms with Gasteiger partial charge in [0.05, 0.1) is 11.1 Å². The Kier molecular flexibility index (Phi) is 7.57. The third kappa shape index (κ3) is 5.88. The Hall–Kier alpha value is -2.55. The first kappa shape index (κ1) is 23.6. The van der Waals surface area contributed by atoms with Crippen LogP contribution in [0.4, 0.5) is 16.8 Å². The molecule has 3 aromatic rings. The first-order valence-electron chi connectivity index (χ1n) is 11.3. The van der Waals surface area contributed by atoms with Gasteiger partial charge in [-0.15, -0.1) is 0 Å². The Balaban J connectivity index is 1.43. The van der Waals surface area contributed by atoms with E-state index < -0.39 is 0 Å². The molecule has 1 saturated heterocycles. The minimum atomic E-state index is 0.00116. The van der Waals surface area contributed by atoms with Gasteiger partial charge in [0.15, 0.2) is 10.9 Å². The molecule has 4 rings (SSSR count). The van der Waals surface area contributed by atoms with Gasteiger partial charge in [-0.05, 0) is 44.0 Å². The van der Waals surface area contributed by atoms with E-state index in [1.165, 1.54) is 17.8 Å². The molecule has 0 bridgehead atoms. The monoisotopic (exact) mass is 484 g/mol. The average molecular weight is 485 g/mol. The Labute approximate surface area is 203 Å². The van der Waals surface area contributed by atoms with E-state index in [-0.39, 0.29) is 12.2 Å². The number of Topliss-reactive ketones (excluding diaryl/α,β-unsaturated/α-hetero) is 1. The van der Waals surface area contributed by atoms with Gasteiger partial charge < -0.3 is 10.2 Å². The quantitative estimate of drug-likeness (QED) is 0.455. The summed E-state index contributed by atoms with van der Waals surface area (Å²) in [5.74, 6) is 2.31.